The maximum absolute atomic E-state index is 12.2. The predicted octanol–water partition coefficient (Wildman–Crippen LogP) is 1.05. The summed E-state index contributed by atoms with van der Waals surface area (Å²) in [7, 11) is -3.77. The molecule has 1 fully saturated rings. The number of aromatic amines is 1. The highest BCUT2D eigenvalue weighted by Crippen LogP contribution is 2.35. The standard InChI is InChI=1S/C12H19N3O4S/c1-3-5-8-6-10(8)15-20(17,18)11-9(7-13-14-11)12(16)19-4-2/h7-8,10,15H,3-6H2,1-2H3,(H,13,14). The van der Waals surface area contributed by atoms with Crippen LogP contribution in [0.1, 0.15) is 43.5 Å². The van der Waals surface area contributed by atoms with Crippen LogP contribution in [0, 0.1) is 5.92 Å². The third-order valence-corrected chi connectivity index (χ3v) is 4.72. The lowest BCUT2D eigenvalue weighted by Crippen LogP contribution is -2.29. The van der Waals surface area contributed by atoms with Gasteiger partial charge in [-0.1, -0.05) is 13.3 Å². The van der Waals surface area contributed by atoms with Crippen LogP contribution in [0.5, 0.6) is 0 Å². The van der Waals surface area contributed by atoms with E-state index in [2.05, 4.69) is 21.8 Å². The van der Waals surface area contributed by atoms with E-state index in [9.17, 15) is 13.2 Å². The molecule has 7 nitrogen and oxygen atoms in total. The molecule has 2 unspecified atom stereocenters. The largest absolute Gasteiger partial charge is 0.462 e. The molecule has 1 aromatic heterocycles. The highest BCUT2D eigenvalue weighted by Gasteiger charge is 2.40. The first-order chi connectivity index (χ1) is 9.49. The Bertz CT molecular complexity index is 581. The summed E-state index contributed by atoms with van der Waals surface area (Å²) in [6.07, 6.45) is 4.04. The summed E-state index contributed by atoms with van der Waals surface area (Å²) in [4.78, 5) is 11.7. The molecular formula is C12H19N3O4S. The fraction of sp³-hybridized carbons (Fsp3) is 0.667. The van der Waals surface area contributed by atoms with Gasteiger partial charge in [0, 0.05) is 6.04 Å². The molecule has 0 saturated heterocycles. The van der Waals surface area contributed by atoms with Crippen molar-refractivity contribution in [1.29, 1.82) is 0 Å². The monoisotopic (exact) mass is 301 g/mol. The first kappa shape index (κ1) is 15.0. The highest BCUT2D eigenvalue weighted by molar-refractivity contribution is 7.89. The fourth-order valence-electron chi connectivity index (χ4n) is 2.17. The summed E-state index contributed by atoms with van der Waals surface area (Å²) in [6, 6.07) is -0.0432. The molecule has 2 atom stereocenters. The van der Waals surface area contributed by atoms with Gasteiger partial charge >= 0.3 is 5.97 Å². The summed E-state index contributed by atoms with van der Waals surface area (Å²) < 4.78 is 31.9. The van der Waals surface area contributed by atoms with E-state index in [1.54, 1.807) is 6.92 Å². The molecule has 1 saturated carbocycles. The van der Waals surface area contributed by atoms with Crippen LogP contribution < -0.4 is 4.72 Å². The van der Waals surface area contributed by atoms with Crippen LogP contribution in [0.4, 0.5) is 0 Å². The van der Waals surface area contributed by atoms with E-state index in [0.717, 1.165) is 19.3 Å². The van der Waals surface area contributed by atoms with Gasteiger partial charge in [-0.05, 0) is 25.7 Å². The summed E-state index contributed by atoms with van der Waals surface area (Å²) >= 11 is 0. The number of aromatic nitrogens is 2. The van der Waals surface area contributed by atoms with Gasteiger partial charge in [0.1, 0.15) is 5.56 Å². The number of nitrogens with one attached hydrogen (secondary N) is 2. The molecule has 1 aliphatic carbocycles. The number of rotatable bonds is 7. The molecule has 1 heterocycles. The zero-order chi connectivity index (χ0) is 14.8. The third kappa shape index (κ3) is 3.18. The van der Waals surface area contributed by atoms with Gasteiger partial charge in [-0.3, -0.25) is 5.10 Å². The molecule has 112 valence electrons. The van der Waals surface area contributed by atoms with Gasteiger partial charge in [-0.25, -0.2) is 17.9 Å². The normalized spacial score (nSPS) is 21.7. The summed E-state index contributed by atoms with van der Waals surface area (Å²) in [6.45, 7) is 3.90. The predicted molar refractivity (Wildman–Crippen MR) is 71.7 cm³/mol. The van der Waals surface area contributed by atoms with E-state index in [4.69, 9.17) is 4.74 Å². The summed E-state index contributed by atoms with van der Waals surface area (Å²) in [5.74, 6) is -0.300. The smallest absolute Gasteiger partial charge is 0.342 e. The Morgan fingerprint density at radius 2 is 2.30 bits per heavy atom. The van der Waals surface area contributed by atoms with Gasteiger partial charge in [0.05, 0.1) is 12.8 Å². The second-order valence-electron chi connectivity index (χ2n) is 4.85. The zero-order valence-electron chi connectivity index (χ0n) is 11.5. The van der Waals surface area contributed by atoms with E-state index in [-0.39, 0.29) is 23.2 Å². The number of carbonyl (C=O) groups excluding carboxylic acids is 1. The number of H-pyrrole nitrogens is 1. The van der Waals surface area contributed by atoms with Crippen LogP contribution in [0.3, 0.4) is 0 Å². The molecule has 8 heteroatoms. The Labute approximate surface area is 118 Å². The number of hydrogen-bond donors (Lipinski definition) is 2. The third-order valence-electron chi connectivity index (χ3n) is 3.26. The number of carbonyl (C=O) groups is 1. The number of esters is 1. The van der Waals surface area contributed by atoms with Crippen molar-refractivity contribution in [2.45, 2.75) is 44.2 Å². The maximum atomic E-state index is 12.2. The fourth-order valence-corrected chi connectivity index (χ4v) is 3.58. The van der Waals surface area contributed by atoms with Gasteiger partial charge in [0.25, 0.3) is 10.0 Å². The van der Waals surface area contributed by atoms with Crippen molar-refractivity contribution in [3.8, 4) is 0 Å². The van der Waals surface area contributed by atoms with E-state index >= 15 is 0 Å². The molecule has 20 heavy (non-hydrogen) atoms. The quantitative estimate of drug-likeness (QED) is 0.733. The van der Waals surface area contributed by atoms with Crippen molar-refractivity contribution >= 4 is 16.0 Å². The minimum atomic E-state index is -3.77. The molecule has 2 rings (SSSR count). The van der Waals surface area contributed by atoms with E-state index in [1.807, 2.05) is 0 Å². The van der Waals surface area contributed by atoms with Crippen LogP contribution in [-0.2, 0) is 14.8 Å². The Morgan fingerprint density at radius 1 is 1.55 bits per heavy atom. The summed E-state index contributed by atoms with van der Waals surface area (Å²) in [5, 5.41) is 5.77. The molecule has 0 amide bonds. The second-order valence-corrected chi connectivity index (χ2v) is 6.50. The maximum Gasteiger partial charge on any atom is 0.342 e. The van der Waals surface area contributed by atoms with Crippen molar-refractivity contribution in [3.63, 3.8) is 0 Å². The molecule has 1 aliphatic rings. The van der Waals surface area contributed by atoms with Gasteiger partial charge in [0.2, 0.25) is 0 Å². The Kier molecular flexibility index (Phi) is 4.44. The molecule has 0 aromatic carbocycles. The topological polar surface area (TPSA) is 101 Å². The van der Waals surface area contributed by atoms with Crippen LogP contribution in [0.25, 0.3) is 0 Å². The first-order valence-corrected chi connectivity index (χ1v) is 8.20. The van der Waals surface area contributed by atoms with Crippen molar-refractivity contribution in [3.05, 3.63) is 11.8 Å². The van der Waals surface area contributed by atoms with Gasteiger partial charge in [-0.2, -0.15) is 5.10 Å². The van der Waals surface area contributed by atoms with E-state index in [0.29, 0.717) is 5.92 Å². The second kappa shape index (κ2) is 5.92. The van der Waals surface area contributed by atoms with Crippen molar-refractivity contribution in [2.75, 3.05) is 6.61 Å². The minimum absolute atomic E-state index is 0.0432. The molecule has 0 bridgehead atoms. The molecule has 1 aromatic rings. The van der Waals surface area contributed by atoms with Crippen molar-refractivity contribution in [2.24, 2.45) is 5.92 Å². The van der Waals surface area contributed by atoms with Gasteiger partial charge in [0.15, 0.2) is 5.03 Å². The number of hydrogen-bond acceptors (Lipinski definition) is 5. The molecule has 0 aliphatic heterocycles. The molecule has 2 N–H and O–H groups in total. The average molecular weight is 301 g/mol. The minimum Gasteiger partial charge on any atom is -0.462 e. The molecule has 0 spiro atoms. The SMILES string of the molecule is CCCC1CC1NS(=O)(=O)c1[nH]ncc1C(=O)OCC. The van der Waals surface area contributed by atoms with E-state index in [1.165, 1.54) is 6.20 Å². The Morgan fingerprint density at radius 3 is 2.95 bits per heavy atom. The van der Waals surface area contributed by atoms with Crippen LogP contribution in [-0.4, -0.2) is 37.2 Å². The van der Waals surface area contributed by atoms with Crippen molar-refractivity contribution in [1.82, 2.24) is 14.9 Å². The Hall–Kier alpha value is -1.41. The van der Waals surface area contributed by atoms with Crippen LogP contribution in [0.15, 0.2) is 11.2 Å². The lowest BCUT2D eigenvalue weighted by Gasteiger charge is -2.06. The average Bonchev–Trinajstić information content (AvgIpc) is 2.93. The van der Waals surface area contributed by atoms with E-state index < -0.39 is 16.0 Å². The number of nitrogens with zero attached hydrogens (tertiary/aromatic N) is 1. The zero-order valence-corrected chi connectivity index (χ0v) is 12.4. The number of sulfonamides is 1. The molecule has 0 radical (unpaired) electrons. The highest BCUT2D eigenvalue weighted by atomic mass is 32.2. The summed E-state index contributed by atoms with van der Waals surface area (Å²) in [5.41, 5.74) is -0.0629. The van der Waals surface area contributed by atoms with Crippen LogP contribution >= 0.6 is 0 Å². The van der Waals surface area contributed by atoms with Crippen LogP contribution in [0.2, 0.25) is 0 Å². The van der Waals surface area contributed by atoms with Gasteiger partial charge < -0.3 is 4.74 Å². The lowest BCUT2D eigenvalue weighted by molar-refractivity contribution is 0.0522. The van der Waals surface area contributed by atoms with Gasteiger partial charge in [-0.15, -0.1) is 0 Å². The lowest BCUT2D eigenvalue weighted by atomic mass is 10.2. The Balaban J connectivity index is 2.11. The molecular weight excluding hydrogens is 282 g/mol. The van der Waals surface area contributed by atoms with Crippen molar-refractivity contribution < 1.29 is 17.9 Å². The first-order valence-electron chi connectivity index (χ1n) is 6.72. The number of ether oxygens (including phenoxy) is 1.